The number of halogens is 1. The lowest BCUT2D eigenvalue weighted by Crippen LogP contribution is -2.34. The average Bonchev–Trinajstić information content (AvgIpc) is 2.34. The Bertz CT molecular complexity index is 434. The van der Waals surface area contributed by atoms with E-state index in [1.807, 2.05) is 6.92 Å². The fourth-order valence-electron chi connectivity index (χ4n) is 1.55. The number of hydrogen-bond donors (Lipinski definition) is 2. The summed E-state index contributed by atoms with van der Waals surface area (Å²) in [6.45, 7) is 1.93. The number of carbonyl (C=O) groups is 2. The third kappa shape index (κ3) is 3.84. The standard InChI is InChI=1S/C13H16FNO3/c1-2-3-8-11(16)15-12(13(17)18)9-6-4-5-7-10(9)14/h4-7,12H,2-3,8H2,1H3,(H,15,16)(H,17,18). The van der Waals surface area contributed by atoms with Crippen LogP contribution in [0.4, 0.5) is 4.39 Å². The van der Waals surface area contributed by atoms with Gasteiger partial charge in [-0.25, -0.2) is 9.18 Å². The summed E-state index contributed by atoms with van der Waals surface area (Å²) in [7, 11) is 0. The van der Waals surface area contributed by atoms with Gasteiger partial charge in [-0.15, -0.1) is 0 Å². The van der Waals surface area contributed by atoms with E-state index in [9.17, 15) is 14.0 Å². The van der Waals surface area contributed by atoms with Crippen molar-refractivity contribution in [1.82, 2.24) is 5.32 Å². The third-order valence-corrected chi connectivity index (χ3v) is 2.53. The zero-order valence-corrected chi connectivity index (χ0v) is 10.1. The van der Waals surface area contributed by atoms with Crippen LogP contribution in [0.2, 0.25) is 0 Å². The van der Waals surface area contributed by atoms with Crippen LogP contribution in [-0.2, 0) is 9.59 Å². The van der Waals surface area contributed by atoms with E-state index >= 15 is 0 Å². The van der Waals surface area contributed by atoms with Gasteiger partial charge in [0.2, 0.25) is 5.91 Å². The van der Waals surface area contributed by atoms with Crippen molar-refractivity contribution < 1.29 is 19.1 Å². The monoisotopic (exact) mass is 253 g/mol. The lowest BCUT2D eigenvalue weighted by Gasteiger charge is -2.15. The number of benzene rings is 1. The predicted octanol–water partition coefficient (Wildman–Crippen LogP) is 2.26. The smallest absolute Gasteiger partial charge is 0.331 e. The normalized spacial score (nSPS) is 11.9. The molecule has 1 aromatic rings. The van der Waals surface area contributed by atoms with Crippen LogP contribution < -0.4 is 5.32 Å². The zero-order chi connectivity index (χ0) is 13.5. The van der Waals surface area contributed by atoms with Crippen LogP contribution in [0.25, 0.3) is 0 Å². The van der Waals surface area contributed by atoms with Crippen LogP contribution in [0.3, 0.4) is 0 Å². The number of hydrogen-bond acceptors (Lipinski definition) is 2. The van der Waals surface area contributed by atoms with Crippen molar-refractivity contribution in [2.75, 3.05) is 0 Å². The highest BCUT2D eigenvalue weighted by molar-refractivity contribution is 5.84. The first-order valence-electron chi connectivity index (χ1n) is 5.82. The maximum absolute atomic E-state index is 13.5. The summed E-state index contributed by atoms with van der Waals surface area (Å²) < 4.78 is 13.5. The van der Waals surface area contributed by atoms with Crippen LogP contribution in [0, 0.1) is 5.82 Å². The Morgan fingerprint density at radius 2 is 2.06 bits per heavy atom. The van der Waals surface area contributed by atoms with E-state index < -0.39 is 17.8 Å². The second-order valence-electron chi connectivity index (χ2n) is 3.96. The summed E-state index contributed by atoms with van der Waals surface area (Å²) in [5, 5.41) is 11.4. The van der Waals surface area contributed by atoms with Crippen LogP contribution in [0.5, 0.6) is 0 Å². The van der Waals surface area contributed by atoms with Gasteiger partial charge in [-0.1, -0.05) is 31.5 Å². The summed E-state index contributed by atoms with van der Waals surface area (Å²) >= 11 is 0. The maximum Gasteiger partial charge on any atom is 0.331 e. The molecule has 2 N–H and O–H groups in total. The number of carboxylic acids is 1. The van der Waals surface area contributed by atoms with Crippen LogP contribution in [0.1, 0.15) is 37.8 Å². The highest BCUT2D eigenvalue weighted by atomic mass is 19.1. The molecule has 1 unspecified atom stereocenters. The average molecular weight is 253 g/mol. The molecule has 1 atom stereocenters. The molecule has 18 heavy (non-hydrogen) atoms. The molecule has 0 fully saturated rings. The molecular weight excluding hydrogens is 237 g/mol. The van der Waals surface area contributed by atoms with Crippen LogP contribution in [0.15, 0.2) is 24.3 Å². The van der Waals surface area contributed by atoms with Gasteiger partial charge in [0.15, 0.2) is 6.04 Å². The van der Waals surface area contributed by atoms with Gasteiger partial charge in [0.05, 0.1) is 0 Å². The number of nitrogens with one attached hydrogen (secondary N) is 1. The van der Waals surface area contributed by atoms with Crippen molar-refractivity contribution in [1.29, 1.82) is 0 Å². The van der Waals surface area contributed by atoms with Crippen LogP contribution in [-0.4, -0.2) is 17.0 Å². The molecule has 0 aliphatic carbocycles. The van der Waals surface area contributed by atoms with E-state index in [1.165, 1.54) is 24.3 Å². The van der Waals surface area contributed by atoms with E-state index in [1.54, 1.807) is 0 Å². The van der Waals surface area contributed by atoms with E-state index in [0.29, 0.717) is 6.42 Å². The number of rotatable bonds is 6. The lowest BCUT2D eigenvalue weighted by atomic mass is 10.1. The van der Waals surface area contributed by atoms with Gasteiger partial charge in [-0.05, 0) is 12.5 Å². The van der Waals surface area contributed by atoms with Crippen molar-refractivity contribution in [3.05, 3.63) is 35.6 Å². The SMILES string of the molecule is CCCCC(=O)NC(C(=O)O)c1ccccc1F. The third-order valence-electron chi connectivity index (χ3n) is 2.53. The van der Waals surface area contributed by atoms with Gasteiger partial charge >= 0.3 is 5.97 Å². The highest BCUT2D eigenvalue weighted by Gasteiger charge is 2.24. The van der Waals surface area contributed by atoms with Crippen LogP contribution >= 0.6 is 0 Å². The van der Waals surface area contributed by atoms with Gasteiger partial charge in [-0.3, -0.25) is 4.79 Å². The van der Waals surface area contributed by atoms with Crippen molar-refractivity contribution in [3.8, 4) is 0 Å². The molecule has 5 heteroatoms. The Morgan fingerprint density at radius 1 is 1.39 bits per heavy atom. The quantitative estimate of drug-likeness (QED) is 0.817. The summed E-state index contributed by atoms with van der Waals surface area (Å²) in [5.74, 6) is -2.29. The first-order chi connectivity index (χ1) is 8.56. The first-order valence-corrected chi connectivity index (χ1v) is 5.82. The second kappa shape index (κ2) is 6.74. The number of carboxylic acid groups (broad SMARTS) is 1. The topological polar surface area (TPSA) is 66.4 Å². The number of amides is 1. The zero-order valence-electron chi connectivity index (χ0n) is 10.1. The maximum atomic E-state index is 13.5. The summed E-state index contributed by atoms with van der Waals surface area (Å²) in [6, 6.07) is 4.19. The molecule has 1 rings (SSSR count). The predicted molar refractivity (Wildman–Crippen MR) is 64.4 cm³/mol. The molecule has 0 spiro atoms. The molecule has 98 valence electrons. The molecular formula is C13H16FNO3. The number of unbranched alkanes of at least 4 members (excludes halogenated alkanes) is 1. The Balaban J connectivity index is 2.81. The first kappa shape index (κ1) is 14.2. The molecule has 0 heterocycles. The van der Waals surface area contributed by atoms with E-state index in [-0.39, 0.29) is 17.9 Å². The van der Waals surface area contributed by atoms with Gasteiger partial charge in [0.25, 0.3) is 0 Å². The molecule has 0 aromatic heterocycles. The van der Waals surface area contributed by atoms with Gasteiger partial charge in [-0.2, -0.15) is 0 Å². The minimum absolute atomic E-state index is 0.0325. The van der Waals surface area contributed by atoms with Gasteiger partial charge in [0.1, 0.15) is 5.82 Å². The van der Waals surface area contributed by atoms with Crippen molar-refractivity contribution in [3.63, 3.8) is 0 Å². The van der Waals surface area contributed by atoms with Gasteiger partial charge in [0, 0.05) is 12.0 Å². The molecule has 1 amide bonds. The Hall–Kier alpha value is -1.91. The fourth-order valence-corrected chi connectivity index (χ4v) is 1.55. The molecule has 1 aromatic carbocycles. The second-order valence-corrected chi connectivity index (χ2v) is 3.96. The van der Waals surface area contributed by atoms with Crippen molar-refractivity contribution in [2.45, 2.75) is 32.2 Å². The molecule has 0 aliphatic heterocycles. The minimum Gasteiger partial charge on any atom is -0.479 e. The highest BCUT2D eigenvalue weighted by Crippen LogP contribution is 2.17. The Morgan fingerprint density at radius 3 is 2.61 bits per heavy atom. The molecule has 0 bridgehead atoms. The minimum atomic E-state index is -1.34. The fraction of sp³-hybridized carbons (Fsp3) is 0.385. The lowest BCUT2D eigenvalue weighted by molar-refractivity contribution is -0.142. The number of carbonyl (C=O) groups excluding carboxylic acids is 1. The van der Waals surface area contributed by atoms with E-state index in [2.05, 4.69) is 5.32 Å². The van der Waals surface area contributed by atoms with Gasteiger partial charge < -0.3 is 10.4 Å². The summed E-state index contributed by atoms with van der Waals surface area (Å²) in [5.41, 5.74) is -0.0325. The molecule has 4 nitrogen and oxygen atoms in total. The molecule has 0 saturated heterocycles. The van der Waals surface area contributed by atoms with Crippen molar-refractivity contribution >= 4 is 11.9 Å². The molecule has 0 saturated carbocycles. The van der Waals surface area contributed by atoms with E-state index in [0.717, 1.165) is 6.42 Å². The Kier molecular flexibility index (Phi) is 5.30. The molecule has 0 radical (unpaired) electrons. The summed E-state index contributed by atoms with van der Waals surface area (Å²) in [4.78, 5) is 22.6. The molecule has 0 aliphatic rings. The number of aliphatic carboxylic acids is 1. The van der Waals surface area contributed by atoms with Crippen molar-refractivity contribution in [2.24, 2.45) is 0 Å². The Labute approximate surface area is 105 Å². The summed E-state index contributed by atoms with van der Waals surface area (Å²) in [6.07, 6.45) is 1.76. The van der Waals surface area contributed by atoms with E-state index in [4.69, 9.17) is 5.11 Å². The largest absolute Gasteiger partial charge is 0.479 e.